The van der Waals surface area contributed by atoms with Gasteiger partial charge in [0.15, 0.2) is 0 Å². The first kappa shape index (κ1) is 11.9. The number of aromatic nitrogens is 2. The van der Waals surface area contributed by atoms with Gasteiger partial charge in [-0.2, -0.15) is 0 Å². The van der Waals surface area contributed by atoms with Crippen LogP contribution in [0.4, 0.5) is 5.82 Å². The molecule has 1 aliphatic carbocycles. The van der Waals surface area contributed by atoms with Gasteiger partial charge in [0.05, 0.1) is 5.39 Å². The molecule has 0 saturated carbocycles. The maximum absolute atomic E-state index is 4.45. The van der Waals surface area contributed by atoms with E-state index in [1.54, 1.807) is 17.7 Å². The number of anilines is 1. The molecule has 0 atom stereocenters. The maximum atomic E-state index is 4.45. The third-order valence-corrected chi connectivity index (χ3v) is 4.95. The van der Waals surface area contributed by atoms with Crippen molar-refractivity contribution in [2.24, 2.45) is 0 Å². The predicted molar refractivity (Wildman–Crippen MR) is 83.4 cm³/mol. The van der Waals surface area contributed by atoms with Crippen molar-refractivity contribution in [1.82, 2.24) is 9.97 Å². The largest absolute Gasteiger partial charge is 0.366 e. The minimum absolute atomic E-state index is 0.435. The Morgan fingerprint density at radius 1 is 1.15 bits per heavy atom. The van der Waals surface area contributed by atoms with E-state index in [0.717, 1.165) is 23.5 Å². The number of hydrogen-bond acceptors (Lipinski definition) is 4. The second kappa shape index (κ2) is 4.56. The van der Waals surface area contributed by atoms with E-state index >= 15 is 0 Å². The molecule has 0 spiro atoms. The summed E-state index contributed by atoms with van der Waals surface area (Å²) in [6.07, 6.45) is 3.80. The Balaban J connectivity index is 1.65. The van der Waals surface area contributed by atoms with Crippen LogP contribution in [0.3, 0.4) is 0 Å². The molecule has 0 bridgehead atoms. The van der Waals surface area contributed by atoms with Crippen molar-refractivity contribution in [3.05, 3.63) is 52.7 Å². The van der Waals surface area contributed by atoms with Crippen LogP contribution in [0.1, 0.15) is 16.7 Å². The maximum Gasteiger partial charge on any atom is 0.138 e. The smallest absolute Gasteiger partial charge is 0.138 e. The molecule has 1 N–H and O–H groups in total. The van der Waals surface area contributed by atoms with Gasteiger partial charge < -0.3 is 5.32 Å². The number of fused-ring (bicyclic) bond motifs is 2. The summed E-state index contributed by atoms with van der Waals surface area (Å²) >= 11 is 1.68. The number of nitrogens with zero attached hydrogens (tertiary/aromatic N) is 2. The molecule has 3 nitrogen and oxygen atoms in total. The van der Waals surface area contributed by atoms with E-state index in [2.05, 4.69) is 51.9 Å². The summed E-state index contributed by atoms with van der Waals surface area (Å²) in [5.74, 6) is 0.978. The van der Waals surface area contributed by atoms with Crippen molar-refractivity contribution in [3.8, 4) is 0 Å². The fourth-order valence-electron chi connectivity index (χ4n) is 2.98. The highest BCUT2D eigenvalue weighted by Gasteiger charge is 2.22. The Kier molecular flexibility index (Phi) is 2.70. The molecule has 1 aromatic carbocycles. The number of benzene rings is 1. The summed E-state index contributed by atoms with van der Waals surface area (Å²) in [4.78, 5) is 9.86. The number of aryl methyl sites for hydroxylation is 1. The molecule has 100 valence electrons. The quantitative estimate of drug-likeness (QED) is 0.780. The fourth-order valence-corrected chi connectivity index (χ4v) is 3.87. The number of rotatable bonds is 2. The van der Waals surface area contributed by atoms with Crippen molar-refractivity contribution in [2.45, 2.75) is 25.8 Å². The van der Waals surface area contributed by atoms with Gasteiger partial charge in [-0.05, 0) is 41.8 Å². The summed E-state index contributed by atoms with van der Waals surface area (Å²) < 4.78 is 0. The zero-order valence-corrected chi connectivity index (χ0v) is 12.1. The van der Waals surface area contributed by atoms with Gasteiger partial charge in [-0.25, -0.2) is 9.97 Å². The molecular weight excluding hydrogens is 266 g/mol. The summed E-state index contributed by atoms with van der Waals surface area (Å²) in [7, 11) is 0. The third-order valence-electron chi connectivity index (χ3n) is 3.95. The highest BCUT2D eigenvalue weighted by Crippen LogP contribution is 2.30. The Labute approximate surface area is 121 Å². The lowest BCUT2D eigenvalue weighted by molar-refractivity contribution is 0.770. The molecule has 0 saturated heterocycles. The van der Waals surface area contributed by atoms with Crippen LogP contribution in [0.2, 0.25) is 0 Å². The summed E-state index contributed by atoms with van der Waals surface area (Å²) in [5, 5.41) is 6.93. The van der Waals surface area contributed by atoms with Gasteiger partial charge in [0.2, 0.25) is 0 Å². The number of hydrogen-bond donors (Lipinski definition) is 1. The summed E-state index contributed by atoms with van der Waals surface area (Å²) in [5.41, 5.74) is 4.17. The van der Waals surface area contributed by atoms with Gasteiger partial charge in [-0.15, -0.1) is 11.3 Å². The Morgan fingerprint density at radius 2 is 1.90 bits per heavy atom. The molecule has 0 radical (unpaired) electrons. The molecule has 0 fully saturated rings. The van der Waals surface area contributed by atoms with Crippen LogP contribution < -0.4 is 5.32 Å². The van der Waals surface area contributed by atoms with E-state index in [1.807, 2.05) is 0 Å². The standard InChI is InChI=1S/C16H15N3S/c1-10-8-20-16-14(10)15(17-9-18-16)19-13-6-11-4-2-3-5-12(11)7-13/h2-5,8-9,13H,6-7H2,1H3,(H,17,18,19). The fraction of sp³-hybridized carbons (Fsp3) is 0.250. The summed E-state index contributed by atoms with van der Waals surface area (Å²) in [6, 6.07) is 9.12. The van der Waals surface area contributed by atoms with Gasteiger partial charge >= 0.3 is 0 Å². The van der Waals surface area contributed by atoms with E-state index in [0.29, 0.717) is 6.04 Å². The van der Waals surface area contributed by atoms with E-state index in [4.69, 9.17) is 0 Å². The molecular formula is C16H15N3S. The van der Waals surface area contributed by atoms with Gasteiger partial charge in [0.25, 0.3) is 0 Å². The Hall–Kier alpha value is -1.94. The lowest BCUT2D eigenvalue weighted by Crippen LogP contribution is -2.20. The minimum Gasteiger partial charge on any atom is -0.366 e. The summed E-state index contributed by atoms with van der Waals surface area (Å²) in [6.45, 7) is 2.12. The SMILES string of the molecule is Cc1csc2ncnc(NC3Cc4ccccc4C3)c12. The Morgan fingerprint density at radius 3 is 2.65 bits per heavy atom. The van der Waals surface area contributed by atoms with Crippen molar-refractivity contribution in [3.63, 3.8) is 0 Å². The topological polar surface area (TPSA) is 37.8 Å². The van der Waals surface area contributed by atoms with Crippen LogP contribution in [0.25, 0.3) is 10.2 Å². The van der Waals surface area contributed by atoms with Crippen LogP contribution in [0.15, 0.2) is 36.0 Å². The molecule has 2 aromatic heterocycles. The average molecular weight is 281 g/mol. The average Bonchev–Trinajstić information content (AvgIpc) is 3.03. The van der Waals surface area contributed by atoms with E-state index in [1.165, 1.54) is 22.1 Å². The molecule has 4 heteroatoms. The minimum atomic E-state index is 0.435. The zero-order valence-electron chi connectivity index (χ0n) is 11.3. The number of nitrogens with one attached hydrogen (secondary N) is 1. The monoisotopic (exact) mass is 281 g/mol. The Bertz CT molecular complexity index is 753. The van der Waals surface area contributed by atoms with E-state index in [9.17, 15) is 0 Å². The first-order chi connectivity index (χ1) is 9.81. The lowest BCUT2D eigenvalue weighted by Gasteiger charge is -2.13. The first-order valence-corrected chi connectivity index (χ1v) is 7.71. The molecule has 0 amide bonds. The van der Waals surface area contributed by atoms with Crippen molar-refractivity contribution in [2.75, 3.05) is 5.32 Å². The molecule has 4 rings (SSSR count). The molecule has 20 heavy (non-hydrogen) atoms. The predicted octanol–water partition coefficient (Wildman–Crippen LogP) is 3.58. The van der Waals surface area contributed by atoms with Crippen LogP contribution in [0, 0.1) is 6.92 Å². The zero-order chi connectivity index (χ0) is 13.5. The van der Waals surface area contributed by atoms with Crippen molar-refractivity contribution >= 4 is 27.4 Å². The van der Waals surface area contributed by atoms with E-state index < -0.39 is 0 Å². The van der Waals surface area contributed by atoms with Crippen LogP contribution >= 0.6 is 11.3 Å². The molecule has 0 unspecified atom stereocenters. The van der Waals surface area contributed by atoms with Gasteiger partial charge in [0.1, 0.15) is 17.0 Å². The highest BCUT2D eigenvalue weighted by molar-refractivity contribution is 7.17. The first-order valence-electron chi connectivity index (χ1n) is 6.83. The van der Waals surface area contributed by atoms with Crippen LogP contribution in [0.5, 0.6) is 0 Å². The van der Waals surface area contributed by atoms with Crippen LogP contribution in [-0.4, -0.2) is 16.0 Å². The van der Waals surface area contributed by atoms with Gasteiger partial charge in [0, 0.05) is 6.04 Å². The normalized spacial score (nSPS) is 14.7. The third kappa shape index (κ3) is 1.88. The molecule has 0 aliphatic heterocycles. The van der Waals surface area contributed by atoms with Gasteiger partial charge in [-0.3, -0.25) is 0 Å². The van der Waals surface area contributed by atoms with Crippen molar-refractivity contribution in [1.29, 1.82) is 0 Å². The van der Waals surface area contributed by atoms with Crippen LogP contribution in [-0.2, 0) is 12.8 Å². The number of thiophene rings is 1. The second-order valence-corrected chi connectivity index (χ2v) is 6.20. The highest BCUT2D eigenvalue weighted by atomic mass is 32.1. The molecule has 1 aliphatic rings. The molecule has 3 aromatic rings. The molecule has 2 heterocycles. The second-order valence-electron chi connectivity index (χ2n) is 5.34. The van der Waals surface area contributed by atoms with Gasteiger partial charge in [-0.1, -0.05) is 24.3 Å². The van der Waals surface area contributed by atoms with E-state index in [-0.39, 0.29) is 0 Å². The lowest BCUT2D eigenvalue weighted by atomic mass is 10.1. The van der Waals surface area contributed by atoms with Crippen molar-refractivity contribution < 1.29 is 0 Å².